The summed E-state index contributed by atoms with van der Waals surface area (Å²) in [6.07, 6.45) is 1.38. The highest BCUT2D eigenvalue weighted by Gasteiger charge is 2.20. The molecule has 0 aliphatic carbocycles. The molecule has 1 fully saturated rings. The van der Waals surface area contributed by atoms with E-state index in [2.05, 4.69) is 15.3 Å². The standard InChI is InChI=1S/C17H20ClN3OS/c18-16-5-2-1-4-14(16)10-17(22)21-7-3-6-20(8-9-21)11-15-12-23-13-19-15/h1-2,4-5,12-13H,3,6-11H2. The van der Waals surface area contributed by atoms with Crippen LogP contribution in [0.2, 0.25) is 5.02 Å². The second-order valence-corrected chi connectivity index (χ2v) is 6.88. The summed E-state index contributed by atoms with van der Waals surface area (Å²) in [7, 11) is 0. The fraction of sp³-hybridized carbons (Fsp3) is 0.412. The number of amides is 1. The molecule has 1 aliphatic heterocycles. The number of hydrogen-bond acceptors (Lipinski definition) is 4. The van der Waals surface area contributed by atoms with E-state index >= 15 is 0 Å². The third-order valence-electron chi connectivity index (χ3n) is 4.11. The maximum atomic E-state index is 12.5. The van der Waals surface area contributed by atoms with Crippen LogP contribution in [0.25, 0.3) is 0 Å². The van der Waals surface area contributed by atoms with Crippen molar-refractivity contribution in [1.82, 2.24) is 14.8 Å². The summed E-state index contributed by atoms with van der Waals surface area (Å²) in [4.78, 5) is 21.2. The van der Waals surface area contributed by atoms with E-state index in [1.54, 1.807) is 11.3 Å². The van der Waals surface area contributed by atoms with Gasteiger partial charge in [-0.3, -0.25) is 9.69 Å². The molecule has 122 valence electrons. The minimum Gasteiger partial charge on any atom is -0.341 e. The van der Waals surface area contributed by atoms with Gasteiger partial charge in [0, 0.05) is 43.1 Å². The van der Waals surface area contributed by atoms with Crippen LogP contribution in [0, 0.1) is 0 Å². The third-order valence-corrected chi connectivity index (χ3v) is 5.11. The van der Waals surface area contributed by atoms with Crippen molar-refractivity contribution in [3.63, 3.8) is 0 Å². The predicted octanol–water partition coefficient (Wildman–Crippen LogP) is 3.07. The summed E-state index contributed by atoms with van der Waals surface area (Å²) >= 11 is 7.78. The average Bonchev–Trinajstić information content (AvgIpc) is 2.94. The molecule has 0 spiro atoms. The van der Waals surface area contributed by atoms with Gasteiger partial charge in [-0.25, -0.2) is 4.98 Å². The van der Waals surface area contributed by atoms with Crippen LogP contribution in [-0.2, 0) is 17.8 Å². The Kier molecular flexibility index (Phi) is 5.65. The van der Waals surface area contributed by atoms with E-state index in [0.29, 0.717) is 11.4 Å². The molecule has 0 N–H and O–H groups in total. The maximum absolute atomic E-state index is 12.5. The highest BCUT2D eigenvalue weighted by atomic mass is 35.5. The minimum absolute atomic E-state index is 0.161. The Morgan fingerprint density at radius 2 is 2.09 bits per heavy atom. The lowest BCUT2D eigenvalue weighted by atomic mass is 10.1. The van der Waals surface area contributed by atoms with Gasteiger partial charge in [0.25, 0.3) is 0 Å². The molecule has 23 heavy (non-hydrogen) atoms. The molecular formula is C17H20ClN3OS. The molecule has 0 saturated carbocycles. The SMILES string of the molecule is O=C(Cc1ccccc1Cl)N1CCCN(Cc2cscn2)CC1. The molecule has 1 aromatic heterocycles. The zero-order valence-corrected chi connectivity index (χ0v) is 14.5. The Morgan fingerprint density at radius 1 is 1.22 bits per heavy atom. The fourth-order valence-corrected chi connectivity index (χ4v) is 3.59. The van der Waals surface area contributed by atoms with Crippen LogP contribution >= 0.6 is 22.9 Å². The number of nitrogens with zero attached hydrogens (tertiary/aromatic N) is 3. The van der Waals surface area contributed by atoms with Gasteiger partial charge in [-0.15, -0.1) is 11.3 Å². The quantitative estimate of drug-likeness (QED) is 0.851. The predicted molar refractivity (Wildman–Crippen MR) is 93.7 cm³/mol. The van der Waals surface area contributed by atoms with Crippen LogP contribution in [0.3, 0.4) is 0 Å². The highest BCUT2D eigenvalue weighted by molar-refractivity contribution is 7.07. The van der Waals surface area contributed by atoms with Gasteiger partial charge < -0.3 is 4.90 Å². The normalized spacial score (nSPS) is 16.3. The molecule has 1 aliphatic rings. The molecule has 0 bridgehead atoms. The maximum Gasteiger partial charge on any atom is 0.227 e. The Bertz CT molecular complexity index is 647. The van der Waals surface area contributed by atoms with E-state index < -0.39 is 0 Å². The van der Waals surface area contributed by atoms with Gasteiger partial charge in [0.2, 0.25) is 5.91 Å². The zero-order valence-electron chi connectivity index (χ0n) is 12.9. The van der Waals surface area contributed by atoms with Crippen LogP contribution < -0.4 is 0 Å². The first-order chi connectivity index (χ1) is 11.2. The van der Waals surface area contributed by atoms with Crippen LogP contribution in [0.4, 0.5) is 0 Å². The summed E-state index contributed by atoms with van der Waals surface area (Å²) in [5, 5.41) is 2.76. The molecule has 1 aromatic carbocycles. The molecule has 4 nitrogen and oxygen atoms in total. The number of thiazole rings is 1. The van der Waals surface area contributed by atoms with Crippen molar-refractivity contribution in [1.29, 1.82) is 0 Å². The van der Waals surface area contributed by atoms with Crippen LogP contribution in [0.1, 0.15) is 17.7 Å². The second-order valence-electron chi connectivity index (χ2n) is 5.76. The van der Waals surface area contributed by atoms with E-state index in [1.165, 1.54) is 0 Å². The van der Waals surface area contributed by atoms with Crippen LogP contribution in [-0.4, -0.2) is 46.9 Å². The summed E-state index contributed by atoms with van der Waals surface area (Å²) in [6, 6.07) is 7.57. The number of hydrogen-bond donors (Lipinski definition) is 0. The van der Waals surface area contributed by atoms with Crippen LogP contribution in [0.5, 0.6) is 0 Å². The number of rotatable bonds is 4. The lowest BCUT2D eigenvalue weighted by Gasteiger charge is -2.22. The van der Waals surface area contributed by atoms with Crippen molar-refractivity contribution < 1.29 is 4.79 Å². The van der Waals surface area contributed by atoms with E-state index in [9.17, 15) is 4.79 Å². The summed E-state index contributed by atoms with van der Waals surface area (Å²) in [5.41, 5.74) is 3.89. The van der Waals surface area contributed by atoms with Gasteiger partial charge in [-0.1, -0.05) is 29.8 Å². The van der Waals surface area contributed by atoms with E-state index in [0.717, 1.165) is 50.4 Å². The number of carbonyl (C=O) groups excluding carboxylic acids is 1. The number of halogens is 1. The zero-order chi connectivity index (χ0) is 16.1. The molecular weight excluding hydrogens is 330 g/mol. The first-order valence-corrected chi connectivity index (χ1v) is 9.15. The van der Waals surface area contributed by atoms with Gasteiger partial charge >= 0.3 is 0 Å². The van der Waals surface area contributed by atoms with Crippen molar-refractivity contribution in [2.24, 2.45) is 0 Å². The largest absolute Gasteiger partial charge is 0.341 e. The molecule has 0 unspecified atom stereocenters. The van der Waals surface area contributed by atoms with E-state index in [4.69, 9.17) is 11.6 Å². The summed E-state index contributed by atoms with van der Waals surface area (Å²) in [5.74, 6) is 0.161. The van der Waals surface area contributed by atoms with Gasteiger partial charge in [0.1, 0.15) is 0 Å². The van der Waals surface area contributed by atoms with E-state index in [1.807, 2.05) is 34.7 Å². The van der Waals surface area contributed by atoms with Crippen molar-refractivity contribution in [3.05, 3.63) is 51.4 Å². The Balaban J connectivity index is 1.55. The smallest absolute Gasteiger partial charge is 0.227 e. The van der Waals surface area contributed by atoms with Gasteiger partial charge in [-0.2, -0.15) is 0 Å². The molecule has 1 amide bonds. The van der Waals surface area contributed by atoms with Crippen molar-refractivity contribution in [2.75, 3.05) is 26.2 Å². The first-order valence-electron chi connectivity index (χ1n) is 7.83. The molecule has 0 atom stereocenters. The summed E-state index contributed by atoms with van der Waals surface area (Å²) in [6.45, 7) is 4.36. The lowest BCUT2D eigenvalue weighted by Crippen LogP contribution is -2.36. The second kappa shape index (κ2) is 7.90. The Labute approximate surface area is 145 Å². The van der Waals surface area contributed by atoms with Crippen molar-refractivity contribution in [3.8, 4) is 0 Å². The fourth-order valence-electron chi connectivity index (χ4n) is 2.84. The highest BCUT2D eigenvalue weighted by Crippen LogP contribution is 2.17. The summed E-state index contributed by atoms with van der Waals surface area (Å²) < 4.78 is 0. The van der Waals surface area contributed by atoms with Crippen molar-refractivity contribution >= 4 is 28.8 Å². The number of carbonyl (C=O) groups is 1. The molecule has 3 rings (SSSR count). The Hall–Kier alpha value is -1.43. The van der Waals surface area contributed by atoms with Crippen molar-refractivity contribution in [2.45, 2.75) is 19.4 Å². The van der Waals surface area contributed by atoms with Gasteiger partial charge in [0.15, 0.2) is 0 Å². The average molecular weight is 350 g/mol. The molecule has 2 aromatic rings. The van der Waals surface area contributed by atoms with Crippen LogP contribution in [0.15, 0.2) is 35.2 Å². The monoisotopic (exact) mass is 349 g/mol. The molecule has 2 heterocycles. The van der Waals surface area contributed by atoms with Gasteiger partial charge in [0.05, 0.1) is 17.6 Å². The van der Waals surface area contributed by atoms with Gasteiger partial charge in [-0.05, 0) is 18.1 Å². The van der Waals surface area contributed by atoms with E-state index in [-0.39, 0.29) is 5.91 Å². The third kappa shape index (κ3) is 4.53. The Morgan fingerprint density at radius 3 is 2.87 bits per heavy atom. The minimum atomic E-state index is 0.161. The molecule has 6 heteroatoms. The number of benzene rings is 1. The topological polar surface area (TPSA) is 36.4 Å². The first kappa shape index (κ1) is 16.4. The number of aromatic nitrogens is 1. The molecule has 0 radical (unpaired) electrons. The lowest BCUT2D eigenvalue weighted by molar-refractivity contribution is -0.130. The molecule has 1 saturated heterocycles.